The molecule has 1 heterocycles. The molecule has 0 aliphatic rings. The van der Waals surface area contributed by atoms with E-state index in [1.54, 1.807) is 23.6 Å². The monoisotopic (exact) mass is 374 g/mol. The van der Waals surface area contributed by atoms with E-state index in [1.807, 2.05) is 31.2 Å². The first-order valence-electron chi connectivity index (χ1n) is 8.54. The second-order valence-corrected chi connectivity index (χ2v) is 7.52. The van der Waals surface area contributed by atoms with E-state index in [-0.39, 0.29) is 11.5 Å². The molecule has 4 aromatic rings. The van der Waals surface area contributed by atoms with Gasteiger partial charge in [0.2, 0.25) is 0 Å². The largest absolute Gasteiger partial charge is 0.508 e. The standard InChI is InChI=1S/C22H18N2O2S/c1-13-3-8-21-19(9-13)24-22(27-21)15-4-6-16(7-5-15)23-12-18-14(2)10-17(25)11-20(18)26/h3-12,25-26H,1-2H3. The molecule has 0 bridgehead atoms. The summed E-state index contributed by atoms with van der Waals surface area (Å²) in [5.74, 6) is 0.0511. The number of aromatic hydroxyl groups is 2. The average Bonchev–Trinajstić information content (AvgIpc) is 3.04. The van der Waals surface area contributed by atoms with E-state index in [0.717, 1.165) is 27.3 Å². The van der Waals surface area contributed by atoms with Crippen molar-refractivity contribution >= 4 is 33.5 Å². The molecule has 0 amide bonds. The Balaban J connectivity index is 1.60. The zero-order valence-corrected chi connectivity index (χ0v) is 15.8. The van der Waals surface area contributed by atoms with E-state index >= 15 is 0 Å². The SMILES string of the molecule is Cc1ccc2sc(-c3ccc(N=Cc4c(C)cc(O)cc4O)cc3)nc2c1. The van der Waals surface area contributed by atoms with Crippen LogP contribution in [0.4, 0.5) is 5.69 Å². The second-order valence-electron chi connectivity index (χ2n) is 6.49. The number of aromatic nitrogens is 1. The fraction of sp³-hybridized carbons (Fsp3) is 0.0909. The van der Waals surface area contributed by atoms with Crippen molar-refractivity contribution < 1.29 is 10.2 Å². The fourth-order valence-electron chi connectivity index (χ4n) is 2.92. The molecule has 0 saturated heterocycles. The lowest BCUT2D eigenvalue weighted by molar-refractivity contribution is 0.449. The molecule has 4 nitrogen and oxygen atoms in total. The molecule has 5 heteroatoms. The smallest absolute Gasteiger partial charge is 0.128 e. The van der Waals surface area contributed by atoms with E-state index in [9.17, 15) is 10.2 Å². The number of thiazole rings is 1. The van der Waals surface area contributed by atoms with E-state index in [4.69, 9.17) is 4.98 Å². The third-order valence-electron chi connectivity index (χ3n) is 4.35. The lowest BCUT2D eigenvalue weighted by Gasteiger charge is -2.04. The molecule has 0 radical (unpaired) electrons. The summed E-state index contributed by atoms with van der Waals surface area (Å²) in [5.41, 5.74) is 5.42. The van der Waals surface area contributed by atoms with Crippen molar-refractivity contribution in [2.24, 2.45) is 4.99 Å². The Labute approximate surface area is 161 Å². The van der Waals surface area contributed by atoms with Crippen LogP contribution in [0.25, 0.3) is 20.8 Å². The Bertz CT molecular complexity index is 1140. The summed E-state index contributed by atoms with van der Waals surface area (Å²) in [4.78, 5) is 9.16. The minimum absolute atomic E-state index is 0.0117. The van der Waals surface area contributed by atoms with Gasteiger partial charge in [0, 0.05) is 23.4 Å². The fourth-order valence-corrected chi connectivity index (χ4v) is 3.87. The van der Waals surface area contributed by atoms with Crippen molar-refractivity contribution in [2.75, 3.05) is 0 Å². The molecule has 3 aromatic carbocycles. The number of fused-ring (bicyclic) bond motifs is 1. The Morgan fingerprint density at radius 3 is 2.48 bits per heavy atom. The number of hydrogen-bond donors (Lipinski definition) is 2. The first kappa shape index (κ1) is 17.2. The number of phenols is 2. The molecule has 2 N–H and O–H groups in total. The van der Waals surface area contributed by atoms with Gasteiger partial charge in [-0.1, -0.05) is 6.07 Å². The van der Waals surface area contributed by atoms with Gasteiger partial charge >= 0.3 is 0 Å². The topological polar surface area (TPSA) is 65.7 Å². The van der Waals surface area contributed by atoms with Crippen LogP contribution in [-0.4, -0.2) is 21.4 Å². The highest BCUT2D eigenvalue weighted by Crippen LogP contribution is 2.32. The van der Waals surface area contributed by atoms with Crippen molar-refractivity contribution in [1.29, 1.82) is 0 Å². The molecular weight excluding hydrogens is 356 g/mol. The van der Waals surface area contributed by atoms with Crippen LogP contribution in [0.15, 0.2) is 59.6 Å². The molecule has 27 heavy (non-hydrogen) atoms. The molecule has 1 aromatic heterocycles. The molecule has 0 spiro atoms. The molecule has 0 saturated carbocycles. The van der Waals surface area contributed by atoms with Gasteiger partial charge in [0.15, 0.2) is 0 Å². The normalized spacial score (nSPS) is 11.5. The summed E-state index contributed by atoms with van der Waals surface area (Å²) in [6.45, 7) is 3.89. The summed E-state index contributed by atoms with van der Waals surface area (Å²) in [7, 11) is 0. The van der Waals surface area contributed by atoms with E-state index in [1.165, 1.54) is 16.3 Å². The van der Waals surface area contributed by atoms with Crippen LogP contribution in [0.1, 0.15) is 16.7 Å². The Hall–Kier alpha value is -3.18. The molecule has 134 valence electrons. The van der Waals surface area contributed by atoms with Crippen molar-refractivity contribution in [1.82, 2.24) is 4.98 Å². The van der Waals surface area contributed by atoms with Crippen molar-refractivity contribution in [3.05, 3.63) is 71.3 Å². The van der Waals surface area contributed by atoms with E-state index < -0.39 is 0 Å². The second kappa shape index (κ2) is 6.85. The van der Waals surface area contributed by atoms with Crippen LogP contribution >= 0.6 is 11.3 Å². The molecule has 0 aliphatic carbocycles. The van der Waals surface area contributed by atoms with Crippen LogP contribution in [0.3, 0.4) is 0 Å². The van der Waals surface area contributed by atoms with Gasteiger partial charge in [0.25, 0.3) is 0 Å². The zero-order valence-electron chi connectivity index (χ0n) is 15.0. The van der Waals surface area contributed by atoms with Crippen LogP contribution in [0, 0.1) is 13.8 Å². The van der Waals surface area contributed by atoms with Crippen LogP contribution in [-0.2, 0) is 0 Å². The summed E-state index contributed by atoms with van der Waals surface area (Å²) in [6, 6.07) is 17.1. The summed E-state index contributed by atoms with van der Waals surface area (Å²) in [5, 5.41) is 20.5. The van der Waals surface area contributed by atoms with Crippen molar-refractivity contribution in [3.8, 4) is 22.1 Å². The average molecular weight is 374 g/mol. The number of benzene rings is 3. The maximum Gasteiger partial charge on any atom is 0.128 e. The van der Waals surface area contributed by atoms with Gasteiger partial charge < -0.3 is 10.2 Å². The van der Waals surface area contributed by atoms with E-state index in [0.29, 0.717) is 5.56 Å². The van der Waals surface area contributed by atoms with E-state index in [2.05, 4.69) is 30.1 Å². The van der Waals surface area contributed by atoms with Gasteiger partial charge in [-0.2, -0.15) is 0 Å². The van der Waals surface area contributed by atoms with Crippen LogP contribution in [0.5, 0.6) is 11.5 Å². The molecule has 0 atom stereocenters. The lowest BCUT2D eigenvalue weighted by Crippen LogP contribution is -1.88. The van der Waals surface area contributed by atoms with Crippen LogP contribution < -0.4 is 0 Å². The Kier molecular flexibility index (Phi) is 4.38. The van der Waals surface area contributed by atoms with Crippen LogP contribution in [0.2, 0.25) is 0 Å². The highest BCUT2D eigenvalue weighted by molar-refractivity contribution is 7.21. The number of aryl methyl sites for hydroxylation is 2. The number of aliphatic imine (C=N–C) groups is 1. The zero-order chi connectivity index (χ0) is 19.0. The molecule has 0 aliphatic heterocycles. The van der Waals surface area contributed by atoms with Gasteiger partial charge in [0.1, 0.15) is 16.5 Å². The number of hydrogen-bond acceptors (Lipinski definition) is 5. The quantitative estimate of drug-likeness (QED) is 0.449. The van der Waals surface area contributed by atoms with Gasteiger partial charge in [-0.05, 0) is 67.4 Å². The molecular formula is C22H18N2O2S. The Morgan fingerprint density at radius 1 is 0.963 bits per heavy atom. The highest BCUT2D eigenvalue weighted by atomic mass is 32.1. The number of phenolic OH excluding ortho intramolecular Hbond substituents is 2. The number of rotatable bonds is 3. The van der Waals surface area contributed by atoms with Crippen molar-refractivity contribution in [2.45, 2.75) is 13.8 Å². The highest BCUT2D eigenvalue weighted by Gasteiger charge is 2.07. The third-order valence-corrected chi connectivity index (χ3v) is 5.44. The summed E-state index contributed by atoms with van der Waals surface area (Å²) < 4.78 is 1.18. The van der Waals surface area contributed by atoms with Gasteiger partial charge in [-0.25, -0.2) is 4.98 Å². The first-order chi connectivity index (χ1) is 13.0. The predicted molar refractivity (Wildman–Crippen MR) is 112 cm³/mol. The van der Waals surface area contributed by atoms with Gasteiger partial charge in [-0.15, -0.1) is 11.3 Å². The third kappa shape index (κ3) is 3.55. The maximum atomic E-state index is 9.97. The maximum absolute atomic E-state index is 9.97. The number of nitrogens with zero attached hydrogens (tertiary/aromatic N) is 2. The molecule has 4 rings (SSSR count). The lowest BCUT2D eigenvalue weighted by atomic mass is 10.1. The molecule has 0 unspecified atom stereocenters. The predicted octanol–water partition coefficient (Wildman–Crippen LogP) is 5.74. The Morgan fingerprint density at radius 2 is 1.74 bits per heavy atom. The molecule has 0 fully saturated rings. The minimum atomic E-state index is 0.0117. The van der Waals surface area contributed by atoms with Gasteiger partial charge in [0.05, 0.1) is 15.9 Å². The summed E-state index contributed by atoms with van der Waals surface area (Å²) in [6.07, 6.45) is 1.61. The van der Waals surface area contributed by atoms with Gasteiger partial charge in [-0.3, -0.25) is 4.99 Å². The first-order valence-corrected chi connectivity index (χ1v) is 9.35. The van der Waals surface area contributed by atoms with Crippen molar-refractivity contribution in [3.63, 3.8) is 0 Å². The summed E-state index contributed by atoms with van der Waals surface area (Å²) >= 11 is 1.67. The minimum Gasteiger partial charge on any atom is -0.508 e.